The molecule has 1 fully saturated rings. The summed E-state index contributed by atoms with van der Waals surface area (Å²) in [6.45, 7) is 5.27. The van der Waals surface area contributed by atoms with Gasteiger partial charge in [0.15, 0.2) is 0 Å². The molecule has 1 atom stereocenters. The van der Waals surface area contributed by atoms with Gasteiger partial charge in [-0.3, -0.25) is 14.4 Å². The van der Waals surface area contributed by atoms with E-state index in [0.29, 0.717) is 0 Å². The van der Waals surface area contributed by atoms with Crippen molar-refractivity contribution in [2.75, 3.05) is 26.2 Å². The van der Waals surface area contributed by atoms with Gasteiger partial charge in [0.05, 0.1) is 5.37 Å². The molecular formula is C24H28N6S. The third-order valence-electron chi connectivity index (χ3n) is 6.16. The third kappa shape index (κ3) is 4.69. The summed E-state index contributed by atoms with van der Waals surface area (Å²) in [5, 5.41) is 9.40. The lowest BCUT2D eigenvalue weighted by Gasteiger charge is -2.39. The Hall–Kier alpha value is -2.61. The molecule has 2 aromatic heterocycles. The second-order valence-electron chi connectivity index (χ2n) is 8.25. The molecule has 5 rings (SSSR count). The van der Waals surface area contributed by atoms with Crippen molar-refractivity contribution in [2.24, 2.45) is 0 Å². The number of aryl methyl sites for hydroxylation is 1. The topological polar surface area (TPSA) is 53.0 Å². The molecule has 3 heterocycles. The highest BCUT2D eigenvalue weighted by Crippen LogP contribution is 2.23. The van der Waals surface area contributed by atoms with E-state index in [1.165, 1.54) is 22.0 Å². The molecule has 7 heteroatoms. The molecule has 1 aliphatic heterocycles. The first-order valence-electron chi connectivity index (χ1n) is 10.9. The smallest absolute Gasteiger partial charge is 0.123 e. The molecule has 2 aromatic carbocycles. The number of piperazine rings is 1. The standard InChI is InChI=1S/C24H28N6S/c31-24-16-28(11-12-29(24)15-19-5-2-1-3-6-19)10-4-7-20-14-25-23-9-8-21(13-22(20)23)30-17-26-27-18-30/h1-3,5-6,8-9,13-14,17-18,24-25,31H,4,7,10-12,15-16H2. The maximum absolute atomic E-state index is 4.88. The highest BCUT2D eigenvalue weighted by Gasteiger charge is 2.24. The monoisotopic (exact) mass is 432 g/mol. The van der Waals surface area contributed by atoms with Gasteiger partial charge in [-0.2, -0.15) is 12.6 Å². The van der Waals surface area contributed by atoms with Crippen LogP contribution in [0.15, 0.2) is 67.4 Å². The molecule has 4 aromatic rings. The van der Waals surface area contributed by atoms with Crippen molar-refractivity contribution in [3.8, 4) is 5.69 Å². The van der Waals surface area contributed by atoms with Crippen LogP contribution in [0, 0.1) is 0 Å². The predicted molar refractivity (Wildman–Crippen MR) is 128 cm³/mol. The molecule has 6 nitrogen and oxygen atoms in total. The lowest BCUT2D eigenvalue weighted by molar-refractivity contribution is 0.111. The van der Waals surface area contributed by atoms with Crippen molar-refractivity contribution in [3.05, 3.63) is 78.5 Å². The zero-order valence-electron chi connectivity index (χ0n) is 17.6. The molecule has 1 saturated heterocycles. The van der Waals surface area contributed by atoms with E-state index >= 15 is 0 Å². The van der Waals surface area contributed by atoms with E-state index in [2.05, 4.69) is 79.7 Å². The van der Waals surface area contributed by atoms with Crippen LogP contribution in [0.25, 0.3) is 16.6 Å². The molecule has 160 valence electrons. The quantitative estimate of drug-likeness (QED) is 0.437. The Balaban J connectivity index is 1.15. The lowest BCUT2D eigenvalue weighted by Crippen LogP contribution is -2.50. The van der Waals surface area contributed by atoms with Crippen LogP contribution < -0.4 is 0 Å². The van der Waals surface area contributed by atoms with E-state index in [9.17, 15) is 0 Å². The first kappa shape index (κ1) is 20.3. The molecule has 0 spiro atoms. The normalized spacial score (nSPS) is 18.0. The van der Waals surface area contributed by atoms with E-state index in [4.69, 9.17) is 12.6 Å². The second-order valence-corrected chi connectivity index (χ2v) is 8.85. The van der Waals surface area contributed by atoms with Crippen molar-refractivity contribution < 1.29 is 0 Å². The van der Waals surface area contributed by atoms with Crippen LogP contribution in [-0.4, -0.2) is 61.1 Å². The van der Waals surface area contributed by atoms with Gasteiger partial charge in [0.25, 0.3) is 0 Å². The summed E-state index contributed by atoms with van der Waals surface area (Å²) in [4.78, 5) is 8.44. The Kier molecular flexibility index (Phi) is 6.06. The van der Waals surface area contributed by atoms with Gasteiger partial charge in [-0.05, 0) is 48.7 Å². The first-order valence-corrected chi connectivity index (χ1v) is 11.4. The number of hydrogen-bond acceptors (Lipinski definition) is 5. The number of thiol groups is 1. The van der Waals surface area contributed by atoms with Crippen molar-refractivity contribution in [2.45, 2.75) is 24.8 Å². The van der Waals surface area contributed by atoms with E-state index in [-0.39, 0.29) is 5.37 Å². The lowest BCUT2D eigenvalue weighted by atomic mass is 10.1. The van der Waals surface area contributed by atoms with E-state index in [1.54, 1.807) is 12.7 Å². The molecule has 0 bridgehead atoms. The van der Waals surface area contributed by atoms with Crippen molar-refractivity contribution in [1.82, 2.24) is 29.5 Å². The number of hydrogen-bond donors (Lipinski definition) is 2. The molecule has 0 amide bonds. The summed E-state index contributed by atoms with van der Waals surface area (Å²) < 4.78 is 1.94. The SMILES string of the molecule is SC1CN(CCCc2c[nH]c3ccc(-n4cnnc4)cc23)CCN1Cc1ccccc1. The fourth-order valence-corrected chi connectivity index (χ4v) is 4.85. The van der Waals surface area contributed by atoms with Gasteiger partial charge in [0.2, 0.25) is 0 Å². The summed E-state index contributed by atoms with van der Waals surface area (Å²) in [5.41, 5.74) is 5.00. The van der Waals surface area contributed by atoms with E-state index in [1.807, 2.05) is 4.57 Å². The maximum atomic E-state index is 4.88. The number of aromatic amines is 1. The minimum absolute atomic E-state index is 0.286. The summed E-state index contributed by atoms with van der Waals surface area (Å²) in [5.74, 6) is 0. The number of H-pyrrole nitrogens is 1. The van der Waals surface area contributed by atoms with Gasteiger partial charge in [-0.25, -0.2) is 0 Å². The third-order valence-corrected chi connectivity index (χ3v) is 6.65. The van der Waals surface area contributed by atoms with Crippen molar-refractivity contribution in [3.63, 3.8) is 0 Å². The zero-order chi connectivity index (χ0) is 21.0. The van der Waals surface area contributed by atoms with Gasteiger partial charge in [0, 0.05) is 49.0 Å². The minimum Gasteiger partial charge on any atom is -0.361 e. The average molecular weight is 433 g/mol. The van der Waals surface area contributed by atoms with E-state index < -0.39 is 0 Å². The minimum atomic E-state index is 0.286. The van der Waals surface area contributed by atoms with Crippen LogP contribution in [0.3, 0.4) is 0 Å². The van der Waals surface area contributed by atoms with Crippen molar-refractivity contribution >= 4 is 23.5 Å². The van der Waals surface area contributed by atoms with Gasteiger partial charge < -0.3 is 4.98 Å². The van der Waals surface area contributed by atoms with Crippen molar-refractivity contribution in [1.29, 1.82) is 0 Å². The molecule has 1 aliphatic rings. The number of rotatable bonds is 7. The fraction of sp³-hybridized carbons (Fsp3) is 0.333. The Labute approximate surface area is 188 Å². The number of aromatic nitrogens is 4. The molecule has 1 N–H and O–H groups in total. The van der Waals surface area contributed by atoms with Gasteiger partial charge in [0.1, 0.15) is 12.7 Å². The van der Waals surface area contributed by atoms with Gasteiger partial charge in [-0.15, -0.1) is 10.2 Å². The molecule has 31 heavy (non-hydrogen) atoms. The molecule has 0 saturated carbocycles. The predicted octanol–water partition coefficient (Wildman–Crippen LogP) is 3.75. The zero-order valence-corrected chi connectivity index (χ0v) is 18.5. The number of nitrogens with zero attached hydrogens (tertiary/aromatic N) is 5. The van der Waals surface area contributed by atoms with Gasteiger partial charge >= 0.3 is 0 Å². The summed E-state index contributed by atoms with van der Waals surface area (Å²) in [7, 11) is 0. The Morgan fingerprint density at radius 1 is 1.03 bits per heavy atom. The Bertz CT molecular complexity index is 1110. The van der Waals surface area contributed by atoms with Gasteiger partial charge in [-0.1, -0.05) is 30.3 Å². The van der Waals surface area contributed by atoms with Crippen LogP contribution in [0.4, 0.5) is 0 Å². The summed E-state index contributed by atoms with van der Waals surface area (Å²) >= 11 is 4.88. The molecule has 0 radical (unpaired) electrons. The average Bonchev–Trinajstić information content (AvgIpc) is 3.46. The molecule has 1 unspecified atom stereocenters. The Morgan fingerprint density at radius 2 is 1.87 bits per heavy atom. The summed E-state index contributed by atoms with van der Waals surface area (Å²) in [6.07, 6.45) is 7.83. The summed E-state index contributed by atoms with van der Waals surface area (Å²) in [6, 6.07) is 17.1. The largest absolute Gasteiger partial charge is 0.361 e. The first-order chi connectivity index (χ1) is 15.3. The molecular weight excluding hydrogens is 404 g/mol. The van der Waals surface area contributed by atoms with Crippen LogP contribution in [0.2, 0.25) is 0 Å². The highest BCUT2D eigenvalue weighted by molar-refractivity contribution is 7.80. The maximum Gasteiger partial charge on any atom is 0.123 e. The van der Waals surface area contributed by atoms with Crippen LogP contribution in [0.5, 0.6) is 0 Å². The number of fused-ring (bicyclic) bond motifs is 1. The fourth-order valence-electron chi connectivity index (χ4n) is 4.42. The van der Waals surface area contributed by atoms with E-state index in [0.717, 1.165) is 51.3 Å². The second kappa shape index (κ2) is 9.26. The van der Waals surface area contributed by atoms with Crippen LogP contribution in [-0.2, 0) is 13.0 Å². The molecule has 0 aliphatic carbocycles. The van der Waals surface area contributed by atoms with Crippen LogP contribution in [0.1, 0.15) is 17.5 Å². The van der Waals surface area contributed by atoms with Crippen LogP contribution >= 0.6 is 12.6 Å². The Morgan fingerprint density at radius 3 is 2.68 bits per heavy atom. The number of nitrogens with one attached hydrogen (secondary N) is 1. The highest BCUT2D eigenvalue weighted by atomic mass is 32.1. The number of benzene rings is 2.